The number of carbonyl (C=O) groups is 1. The number of hydrogen-bond donors (Lipinski definition) is 1. The Kier molecular flexibility index (Phi) is 7.46. The van der Waals surface area contributed by atoms with Crippen LogP contribution in [0.3, 0.4) is 0 Å². The number of amides is 1. The Morgan fingerprint density at radius 3 is 2.38 bits per heavy atom. The summed E-state index contributed by atoms with van der Waals surface area (Å²) in [6, 6.07) is 11.6. The first kappa shape index (κ1) is 22.5. The number of benzene rings is 2. The summed E-state index contributed by atoms with van der Waals surface area (Å²) in [6.07, 6.45) is 1.00. The number of hydrogen-bond acceptors (Lipinski definition) is 6. The lowest BCUT2D eigenvalue weighted by Crippen LogP contribution is -2.39. The summed E-state index contributed by atoms with van der Waals surface area (Å²) < 4.78 is 35.6. The molecule has 0 unspecified atom stereocenters. The lowest BCUT2D eigenvalue weighted by molar-refractivity contribution is -0.119. The van der Waals surface area contributed by atoms with Crippen LogP contribution in [0.15, 0.2) is 47.6 Å². The number of para-hydroxylation sites is 1. The number of ether oxygens (including phenoxy) is 2. The molecule has 29 heavy (non-hydrogen) atoms. The van der Waals surface area contributed by atoms with Gasteiger partial charge in [-0.05, 0) is 37.3 Å². The van der Waals surface area contributed by atoms with Gasteiger partial charge in [-0.1, -0.05) is 23.7 Å². The molecular formula is C19H22ClN3O5S. The first-order chi connectivity index (χ1) is 13.7. The van der Waals surface area contributed by atoms with E-state index in [1.165, 1.54) is 20.3 Å². The fourth-order valence-corrected chi connectivity index (χ4v) is 3.63. The van der Waals surface area contributed by atoms with E-state index >= 15 is 0 Å². The highest BCUT2D eigenvalue weighted by Crippen LogP contribution is 2.28. The van der Waals surface area contributed by atoms with E-state index in [0.717, 1.165) is 10.6 Å². The van der Waals surface area contributed by atoms with Crippen LogP contribution in [-0.2, 0) is 14.8 Å². The average molecular weight is 440 g/mol. The third kappa shape index (κ3) is 5.85. The lowest BCUT2D eigenvalue weighted by atomic mass is 10.1. The molecule has 2 aromatic carbocycles. The molecule has 0 spiro atoms. The molecule has 0 radical (unpaired) electrons. The second-order valence-electron chi connectivity index (χ2n) is 6.02. The molecule has 156 valence electrons. The molecule has 0 aromatic heterocycles. The number of nitrogens with one attached hydrogen (secondary N) is 1. The number of methoxy groups -OCH3 is 2. The van der Waals surface area contributed by atoms with Crippen molar-refractivity contribution in [3.8, 4) is 11.5 Å². The Morgan fingerprint density at radius 2 is 1.79 bits per heavy atom. The van der Waals surface area contributed by atoms with E-state index in [-0.39, 0.29) is 10.7 Å². The van der Waals surface area contributed by atoms with Crippen LogP contribution in [0, 0.1) is 0 Å². The van der Waals surface area contributed by atoms with Gasteiger partial charge in [0.25, 0.3) is 5.91 Å². The lowest BCUT2D eigenvalue weighted by Gasteiger charge is -2.22. The van der Waals surface area contributed by atoms with Crippen LogP contribution >= 0.6 is 11.6 Å². The van der Waals surface area contributed by atoms with Crippen molar-refractivity contribution in [1.82, 2.24) is 5.43 Å². The van der Waals surface area contributed by atoms with Crippen LogP contribution < -0.4 is 19.2 Å². The molecular weight excluding hydrogens is 418 g/mol. The number of nitrogens with zero attached hydrogens (tertiary/aromatic N) is 2. The van der Waals surface area contributed by atoms with Gasteiger partial charge in [0.05, 0.1) is 36.9 Å². The van der Waals surface area contributed by atoms with Crippen molar-refractivity contribution in [2.45, 2.75) is 6.92 Å². The molecule has 0 fully saturated rings. The predicted molar refractivity (Wildman–Crippen MR) is 114 cm³/mol. The van der Waals surface area contributed by atoms with Crippen molar-refractivity contribution in [2.75, 3.05) is 31.3 Å². The van der Waals surface area contributed by atoms with E-state index in [9.17, 15) is 13.2 Å². The molecule has 2 rings (SSSR count). The number of rotatable bonds is 8. The molecule has 10 heteroatoms. The van der Waals surface area contributed by atoms with E-state index in [4.69, 9.17) is 21.1 Å². The van der Waals surface area contributed by atoms with Crippen molar-refractivity contribution in [3.63, 3.8) is 0 Å². The van der Waals surface area contributed by atoms with E-state index in [0.29, 0.717) is 22.8 Å². The molecule has 1 N–H and O–H groups in total. The van der Waals surface area contributed by atoms with Gasteiger partial charge < -0.3 is 9.47 Å². The maximum Gasteiger partial charge on any atom is 0.260 e. The number of hydrazone groups is 1. The average Bonchev–Trinajstić information content (AvgIpc) is 2.69. The van der Waals surface area contributed by atoms with Gasteiger partial charge in [-0.2, -0.15) is 5.10 Å². The molecule has 0 aliphatic rings. The summed E-state index contributed by atoms with van der Waals surface area (Å²) in [6.45, 7) is 1.23. The zero-order valence-electron chi connectivity index (χ0n) is 16.5. The maximum absolute atomic E-state index is 12.3. The number of carbonyl (C=O) groups excluding carboxylic acids is 1. The first-order valence-electron chi connectivity index (χ1n) is 8.45. The van der Waals surface area contributed by atoms with Gasteiger partial charge in [-0.25, -0.2) is 13.8 Å². The van der Waals surface area contributed by atoms with Crippen molar-refractivity contribution < 1.29 is 22.7 Å². The van der Waals surface area contributed by atoms with Crippen LogP contribution in [-0.4, -0.2) is 47.1 Å². The van der Waals surface area contributed by atoms with E-state index < -0.39 is 22.5 Å². The van der Waals surface area contributed by atoms with Gasteiger partial charge >= 0.3 is 0 Å². The molecule has 0 aliphatic heterocycles. The van der Waals surface area contributed by atoms with Gasteiger partial charge in [0, 0.05) is 5.56 Å². The first-order valence-corrected chi connectivity index (χ1v) is 10.7. The second kappa shape index (κ2) is 9.62. The Bertz CT molecular complexity index is 1020. The minimum absolute atomic E-state index is 0.215. The van der Waals surface area contributed by atoms with Crippen LogP contribution in [0.5, 0.6) is 11.5 Å². The Balaban J connectivity index is 2.17. The van der Waals surface area contributed by atoms with Crippen molar-refractivity contribution in [2.24, 2.45) is 5.10 Å². The summed E-state index contributed by atoms with van der Waals surface area (Å²) in [5.41, 5.74) is 3.79. The standard InChI is InChI=1S/C19H22ClN3O5S/c1-13(14-9-10-17(27-2)18(11-14)28-3)21-22-19(24)12-23(29(4,25)26)16-8-6-5-7-15(16)20/h5-11H,12H2,1-4H3,(H,22,24)/b21-13-. The molecule has 0 aliphatic carbocycles. The van der Waals surface area contributed by atoms with Crippen molar-refractivity contribution in [1.29, 1.82) is 0 Å². The topological polar surface area (TPSA) is 97.3 Å². The Labute approximate surface area is 175 Å². The summed E-state index contributed by atoms with van der Waals surface area (Å²) in [5, 5.41) is 4.26. The highest BCUT2D eigenvalue weighted by molar-refractivity contribution is 7.92. The monoisotopic (exact) mass is 439 g/mol. The zero-order chi connectivity index (χ0) is 21.6. The van der Waals surface area contributed by atoms with Crippen LogP contribution in [0.2, 0.25) is 5.02 Å². The summed E-state index contributed by atoms with van der Waals surface area (Å²) in [5.74, 6) is 0.472. The van der Waals surface area contributed by atoms with E-state index in [1.54, 1.807) is 43.3 Å². The summed E-state index contributed by atoms with van der Waals surface area (Å²) in [4.78, 5) is 12.3. The summed E-state index contributed by atoms with van der Waals surface area (Å²) >= 11 is 6.08. The number of halogens is 1. The van der Waals surface area contributed by atoms with Crippen LogP contribution in [0.1, 0.15) is 12.5 Å². The quantitative estimate of drug-likeness (QED) is 0.503. The molecule has 0 saturated heterocycles. The van der Waals surface area contributed by atoms with E-state index in [1.807, 2.05) is 0 Å². The number of anilines is 1. The summed E-state index contributed by atoms with van der Waals surface area (Å²) in [7, 11) is -0.683. The van der Waals surface area contributed by atoms with Gasteiger partial charge in [-0.3, -0.25) is 9.10 Å². The van der Waals surface area contributed by atoms with Crippen LogP contribution in [0.4, 0.5) is 5.69 Å². The molecule has 0 heterocycles. The van der Waals surface area contributed by atoms with Gasteiger partial charge in [0.1, 0.15) is 6.54 Å². The highest BCUT2D eigenvalue weighted by atomic mass is 35.5. The van der Waals surface area contributed by atoms with Gasteiger partial charge in [0.2, 0.25) is 10.0 Å². The maximum atomic E-state index is 12.3. The van der Waals surface area contributed by atoms with Crippen LogP contribution in [0.25, 0.3) is 0 Å². The zero-order valence-corrected chi connectivity index (χ0v) is 18.0. The molecule has 0 bridgehead atoms. The van der Waals surface area contributed by atoms with Gasteiger partial charge in [-0.15, -0.1) is 0 Å². The second-order valence-corrected chi connectivity index (χ2v) is 8.34. The fraction of sp³-hybridized carbons (Fsp3) is 0.263. The normalized spacial score (nSPS) is 11.7. The minimum Gasteiger partial charge on any atom is -0.493 e. The largest absolute Gasteiger partial charge is 0.493 e. The third-order valence-corrected chi connectivity index (χ3v) is 5.40. The van der Waals surface area contributed by atoms with Crippen molar-refractivity contribution >= 4 is 38.9 Å². The molecule has 0 atom stereocenters. The minimum atomic E-state index is -3.73. The third-order valence-electron chi connectivity index (χ3n) is 3.96. The molecule has 2 aromatic rings. The Morgan fingerprint density at radius 1 is 1.14 bits per heavy atom. The van der Waals surface area contributed by atoms with Crippen molar-refractivity contribution in [3.05, 3.63) is 53.1 Å². The van der Waals surface area contributed by atoms with E-state index in [2.05, 4.69) is 10.5 Å². The highest BCUT2D eigenvalue weighted by Gasteiger charge is 2.22. The number of sulfonamides is 1. The SMILES string of the molecule is COc1ccc(/C(C)=N\NC(=O)CN(c2ccccc2Cl)S(C)(=O)=O)cc1OC. The van der Waals surface area contributed by atoms with Gasteiger partial charge in [0.15, 0.2) is 11.5 Å². The smallest absolute Gasteiger partial charge is 0.260 e. The predicted octanol–water partition coefficient (Wildman–Crippen LogP) is 2.66. The fourth-order valence-electron chi connectivity index (χ4n) is 2.47. The molecule has 8 nitrogen and oxygen atoms in total. The molecule has 0 saturated carbocycles. The molecule has 1 amide bonds. The Hall–Kier alpha value is -2.78.